The van der Waals surface area contributed by atoms with E-state index in [1.54, 1.807) is 22.7 Å². The Hall–Kier alpha value is -0.780. The molecule has 5 heteroatoms. The largest absolute Gasteiger partial charge is 0.306 e. The molecule has 2 aromatic rings. The molecule has 0 aliphatic rings. The van der Waals surface area contributed by atoms with Gasteiger partial charge < -0.3 is 5.32 Å². The Morgan fingerprint density at radius 1 is 1.46 bits per heavy atom. The van der Waals surface area contributed by atoms with Gasteiger partial charge in [0, 0.05) is 17.0 Å². The van der Waals surface area contributed by atoms with Gasteiger partial charge in [0.05, 0.1) is 11.2 Å². The first-order valence-electron chi connectivity index (χ1n) is 3.86. The molecule has 13 heavy (non-hydrogen) atoms. The summed E-state index contributed by atoms with van der Waals surface area (Å²) >= 11 is 3.25. The lowest BCUT2D eigenvalue weighted by Gasteiger charge is -2.09. The zero-order valence-electron chi connectivity index (χ0n) is 7.10. The van der Waals surface area contributed by atoms with Crippen molar-refractivity contribution in [3.63, 3.8) is 0 Å². The van der Waals surface area contributed by atoms with Crippen molar-refractivity contribution in [1.82, 2.24) is 15.3 Å². The minimum atomic E-state index is 0.145. The first kappa shape index (κ1) is 8.80. The third kappa shape index (κ3) is 1.77. The van der Waals surface area contributed by atoms with Crippen molar-refractivity contribution in [3.8, 4) is 0 Å². The molecule has 1 N–H and O–H groups in total. The summed E-state index contributed by atoms with van der Waals surface area (Å²) in [5, 5.41) is 8.28. The third-order valence-electron chi connectivity index (χ3n) is 1.73. The molecule has 0 aliphatic heterocycles. The molecule has 1 unspecified atom stereocenters. The SMILES string of the molecule is CNC(c1cscn1)c1nccs1. The van der Waals surface area contributed by atoms with Crippen molar-refractivity contribution >= 4 is 22.7 Å². The second kappa shape index (κ2) is 3.95. The van der Waals surface area contributed by atoms with Crippen LogP contribution in [-0.2, 0) is 0 Å². The van der Waals surface area contributed by atoms with Crippen LogP contribution < -0.4 is 5.32 Å². The van der Waals surface area contributed by atoms with Crippen molar-refractivity contribution < 1.29 is 0 Å². The van der Waals surface area contributed by atoms with E-state index in [0.29, 0.717) is 0 Å². The van der Waals surface area contributed by atoms with Crippen LogP contribution in [0.3, 0.4) is 0 Å². The molecule has 0 saturated heterocycles. The second-order valence-electron chi connectivity index (χ2n) is 2.51. The summed E-state index contributed by atoms with van der Waals surface area (Å²) in [6, 6.07) is 0.145. The van der Waals surface area contributed by atoms with Gasteiger partial charge in [0.2, 0.25) is 0 Å². The van der Waals surface area contributed by atoms with Gasteiger partial charge in [-0.2, -0.15) is 0 Å². The van der Waals surface area contributed by atoms with Crippen LogP contribution in [0.1, 0.15) is 16.7 Å². The average molecular weight is 211 g/mol. The zero-order valence-corrected chi connectivity index (χ0v) is 8.73. The first-order valence-corrected chi connectivity index (χ1v) is 5.69. The predicted octanol–water partition coefficient (Wildman–Crippen LogP) is 1.91. The van der Waals surface area contributed by atoms with E-state index in [4.69, 9.17) is 0 Å². The highest BCUT2D eigenvalue weighted by molar-refractivity contribution is 7.09. The van der Waals surface area contributed by atoms with E-state index >= 15 is 0 Å². The van der Waals surface area contributed by atoms with Crippen molar-refractivity contribution in [2.24, 2.45) is 0 Å². The molecular formula is C8H9N3S2. The van der Waals surface area contributed by atoms with E-state index in [9.17, 15) is 0 Å². The minimum absolute atomic E-state index is 0.145. The van der Waals surface area contributed by atoms with Gasteiger partial charge in [0.15, 0.2) is 0 Å². The van der Waals surface area contributed by atoms with Gasteiger partial charge in [0.25, 0.3) is 0 Å². The maximum Gasteiger partial charge on any atom is 0.116 e. The molecule has 2 rings (SSSR count). The van der Waals surface area contributed by atoms with E-state index in [0.717, 1.165) is 10.7 Å². The minimum Gasteiger partial charge on any atom is -0.306 e. The fourth-order valence-electron chi connectivity index (χ4n) is 1.14. The standard InChI is InChI=1S/C8H9N3S2/c1-9-7(6-4-12-5-11-6)8-10-2-3-13-8/h2-5,7,9H,1H3. The average Bonchev–Trinajstić information content (AvgIpc) is 2.76. The summed E-state index contributed by atoms with van der Waals surface area (Å²) in [5.41, 5.74) is 2.88. The Morgan fingerprint density at radius 3 is 2.92 bits per heavy atom. The lowest BCUT2D eigenvalue weighted by molar-refractivity contribution is 0.670. The highest BCUT2D eigenvalue weighted by Gasteiger charge is 2.15. The van der Waals surface area contributed by atoms with Crippen LogP contribution in [0.5, 0.6) is 0 Å². The molecule has 1 atom stereocenters. The smallest absolute Gasteiger partial charge is 0.116 e. The fraction of sp³-hybridized carbons (Fsp3) is 0.250. The van der Waals surface area contributed by atoms with E-state index in [1.807, 2.05) is 29.5 Å². The molecule has 2 aromatic heterocycles. The van der Waals surface area contributed by atoms with Crippen molar-refractivity contribution in [3.05, 3.63) is 33.2 Å². The highest BCUT2D eigenvalue weighted by atomic mass is 32.1. The molecule has 0 aliphatic carbocycles. The van der Waals surface area contributed by atoms with Crippen molar-refractivity contribution in [1.29, 1.82) is 0 Å². The summed E-state index contributed by atoms with van der Waals surface area (Å²) in [6.07, 6.45) is 1.82. The van der Waals surface area contributed by atoms with Crippen molar-refractivity contribution in [2.45, 2.75) is 6.04 Å². The summed E-state index contributed by atoms with van der Waals surface area (Å²) in [5.74, 6) is 0. The quantitative estimate of drug-likeness (QED) is 0.842. The monoisotopic (exact) mass is 211 g/mol. The maximum absolute atomic E-state index is 4.27. The third-order valence-corrected chi connectivity index (χ3v) is 3.18. The lowest BCUT2D eigenvalue weighted by Crippen LogP contribution is -2.17. The highest BCUT2D eigenvalue weighted by Crippen LogP contribution is 2.22. The molecule has 0 bridgehead atoms. The molecular weight excluding hydrogens is 202 g/mol. The molecule has 68 valence electrons. The lowest BCUT2D eigenvalue weighted by atomic mass is 10.2. The van der Waals surface area contributed by atoms with Gasteiger partial charge >= 0.3 is 0 Å². The van der Waals surface area contributed by atoms with Gasteiger partial charge in [-0.05, 0) is 7.05 Å². The number of aromatic nitrogens is 2. The van der Waals surface area contributed by atoms with Gasteiger partial charge in [-0.3, -0.25) is 0 Å². The van der Waals surface area contributed by atoms with Crippen LogP contribution in [0, 0.1) is 0 Å². The van der Waals surface area contributed by atoms with Gasteiger partial charge in [-0.15, -0.1) is 22.7 Å². The van der Waals surface area contributed by atoms with Gasteiger partial charge in [-0.25, -0.2) is 9.97 Å². The number of hydrogen-bond donors (Lipinski definition) is 1. The number of hydrogen-bond acceptors (Lipinski definition) is 5. The molecule has 0 radical (unpaired) electrons. The van der Waals surface area contributed by atoms with E-state index < -0.39 is 0 Å². The molecule has 0 saturated carbocycles. The molecule has 3 nitrogen and oxygen atoms in total. The van der Waals surface area contributed by atoms with E-state index in [1.165, 1.54) is 0 Å². The van der Waals surface area contributed by atoms with Crippen molar-refractivity contribution in [2.75, 3.05) is 7.05 Å². The number of nitrogens with one attached hydrogen (secondary N) is 1. The Kier molecular flexibility index (Phi) is 2.68. The number of rotatable bonds is 3. The summed E-state index contributed by atoms with van der Waals surface area (Å²) < 4.78 is 0. The van der Waals surface area contributed by atoms with E-state index in [-0.39, 0.29) is 6.04 Å². The van der Waals surface area contributed by atoms with Crippen LogP contribution in [0.15, 0.2) is 22.5 Å². The Balaban J connectivity index is 2.29. The molecule has 0 aromatic carbocycles. The first-order chi connectivity index (χ1) is 6.42. The van der Waals surface area contributed by atoms with Crippen LogP contribution >= 0.6 is 22.7 Å². The normalized spacial score (nSPS) is 13.0. The van der Waals surface area contributed by atoms with Gasteiger partial charge in [0.1, 0.15) is 11.0 Å². The number of nitrogens with zero attached hydrogens (tertiary/aromatic N) is 2. The van der Waals surface area contributed by atoms with Gasteiger partial charge in [-0.1, -0.05) is 0 Å². The summed E-state index contributed by atoms with van der Waals surface area (Å²) in [4.78, 5) is 8.53. The molecule has 0 spiro atoms. The van der Waals surface area contributed by atoms with E-state index in [2.05, 4.69) is 15.3 Å². The zero-order chi connectivity index (χ0) is 9.10. The summed E-state index contributed by atoms with van der Waals surface area (Å²) in [7, 11) is 1.92. The van der Waals surface area contributed by atoms with Crippen LogP contribution in [0.4, 0.5) is 0 Å². The van der Waals surface area contributed by atoms with Crippen LogP contribution in [0.2, 0.25) is 0 Å². The molecule has 0 amide bonds. The Bertz CT molecular complexity index is 307. The Morgan fingerprint density at radius 2 is 2.38 bits per heavy atom. The topological polar surface area (TPSA) is 37.8 Å². The maximum atomic E-state index is 4.27. The van der Waals surface area contributed by atoms with Crippen LogP contribution in [0.25, 0.3) is 0 Å². The second-order valence-corrected chi connectivity index (χ2v) is 4.15. The fourth-order valence-corrected chi connectivity index (χ4v) is 2.48. The predicted molar refractivity (Wildman–Crippen MR) is 55.1 cm³/mol. The molecule has 2 heterocycles. The number of thiazole rings is 2. The Labute approximate surface area is 84.5 Å². The summed E-state index contributed by atoms with van der Waals surface area (Å²) in [6.45, 7) is 0. The molecule has 0 fully saturated rings. The van der Waals surface area contributed by atoms with Crippen LogP contribution in [-0.4, -0.2) is 17.0 Å².